The second kappa shape index (κ2) is 11.5. The highest BCUT2D eigenvalue weighted by atomic mass is 15.1. The molecular formula is C38H39N3+2. The Hall–Kier alpha value is -4.50. The topological polar surface area (TPSA) is 11.0 Å². The van der Waals surface area contributed by atoms with Crippen molar-refractivity contribution < 1.29 is 9.13 Å². The molecule has 0 amide bonds. The van der Waals surface area contributed by atoms with Crippen molar-refractivity contribution in [3.63, 3.8) is 0 Å². The summed E-state index contributed by atoms with van der Waals surface area (Å²) in [5.74, 6) is 0.243. The third kappa shape index (κ3) is 5.20. The number of fused-ring (bicyclic) bond motifs is 3. The molecule has 2 atom stereocenters. The van der Waals surface area contributed by atoms with Crippen LogP contribution >= 0.6 is 0 Å². The summed E-state index contributed by atoms with van der Waals surface area (Å²) in [6.45, 7) is 11.0. The van der Waals surface area contributed by atoms with E-state index in [-0.39, 0.29) is 12.0 Å². The number of hydrogen-bond acceptors (Lipinski definition) is 1. The number of anilines is 1. The van der Waals surface area contributed by atoms with Crippen LogP contribution in [0.5, 0.6) is 0 Å². The van der Waals surface area contributed by atoms with Crippen LogP contribution in [0, 0.1) is 5.92 Å². The van der Waals surface area contributed by atoms with E-state index in [9.17, 15) is 0 Å². The number of hydrogen-bond donors (Lipinski definition) is 0. The molecule has 2 unspecified atom stereocenters. The Morgan fingerprint density at radius 2 is 1.54 bits per heavy atom. The van der Waals surface area contributed by atoms with Crippen molar-refractivity contribution in [1.29, 1.82) is 0 Å². The number of pyridine rings is 2. The van der Waals surface area contributed by atoms with Gasteiger partial charge in [0, 0.05) is 64.5 Å². The van der Waals surface area contributed by atoms with E-state index in [0.717, 1.165) is 13.1 Å². The quantitative estimate of drug-likeness (QED) is 0.190. The van der Waals surface area contributed by atoms with Crippen LogP contribution in [-0.4, -0.2) is 6.54 Å². The average Bonchev–Trinajstić information content (AvgIpc) is 3.01. The number of rotatable bonds is 7. The van der Waals surface area contributed by atoms with Gasteiger partial charge in [-0.1, -0.05) is 67.6 Å². The van der Waals surface area contributed by atoms with E-state index in [1.807, 2.05) is 0 Å². The van der Waals surface area contributed by atoms with Crippen molar-refractivity contribution in [3.8, 4) is 0 Å². The first-order chi connectivity index (χ1) is 20.1. The van der Waals surface area contributed by atoms with Gasteiger partial charge < -0.3 is 4.90 Å². The van der Waals surface area contributed by atoms with E-state index < -0.39 is 0 Å². The van der Waals surface area contributed by atoms with Crippen LogP contribution < -0.4 is 14.0 Å². The third-order valence-corrected chi connectivity index (χ3v) is 8.38. The van der Waals surface area contributed by atoms with Gasteiger partial charge in [-0.05, 0) is 62.1 Å². The van der Waals surface area contributed by atoms with E-state index >= 15 is 0 Å². The second-order valence-corrected chi connectivity index (χ2v) is 11.0. The number of aromatic nitrogens is 2. The van der Waals surface area contributed by atoms with Crippen LogP contribution in [0.1, 0.15) is 45.0 Å². The van der Waals surface area contributed by atoms with E-state index in [1.165, 1.54) is 49.9 Å². The molecule has 0 saturated heterocycles. The Morgan fingerprint density at radius 3 is 2.34 bits per heavy atom. The predicted molar refractivity (Wildman–Crippen MR) is 172 cm³/mol. The molecule has 2 aromatic heterocycles. The number of para-hydroxylation sites is 2. The molecule has 0 radical (unpaired) electrons. The molecule has 3 aromatic carbocycles. The molecule has 204 valence electrons. The van der Waals surface area contributed by atoms with Crippen molar-refractivity contribution in [2.45, 2.75) is 40.3 Å². The van der Waals surface area contributed by atoms with Gasteiger partial charge in [-0.3, -0.25) is 0 Å². The average molecular weight is 538 g/mol. The minimum atomic E-state index is 0.146. The molecule has 0 spiro atoms. The first-order valence-corrected chi connectivity index (χ1v) is 14.8. The summed E-state index contributed by atoms with van der Waals surface area (Å²) in [6.07, 6.45) is 13.9. The molecule has 1 aliphatic rings. The Kier molecular flexibility index (Phi) is 7.52. The predicted octanol–water partition coefficient (Wildman–Crippen LogP) is 8.31. The summed E-state index contributed by atoms with van der Waals surface area (Å²) in [6, 6.07) is 32.9. The fourth-order valence-electron chi connectivity index (χ4n) is 6.46. The van der Waals surface area contributed by atoms with Gasteiger partial charge in [0.1, 0.15) is 6.54 Å². The number of benzene rings is 3. The zero-order chi connectivity index (χ0) is 28.3. The van der Waals surface area contributed by atoms with Crippen molar-refractivity contribution in [2.75, 3.05) is 11.4 Å². The summed E-state index contributed by atoms with van der Waals surface area (Å²) in [5, 5.41) is 3.79. The van der Waals surface area contributed by atoms with Crippen molar-refractivity contribution in [2.24, 2.45) is 5.92 Å². The summed E-state index contributed by atoms with van der Waals surface area (Å²) < 4.78 is 4.83. The molecule has 0 aliphatic carbocycles. The maximum Gasteiger partial charge on any atom is 0.212 e. The lowest BCUT2D eigenvalue weighted by Crippen LogP contribution is -2.43. The summed E-state index contributed by atoms with van der Waals surface area (Å²) in [7, 11) is 0. The highest BCUT2D eigenvalue weighted by molar-refractivity contribution is 5.80. The third-order valence-electron chi connectivity index (χ3n) is 8.38. The lowest BCUT2D eigenvalue weighted by molar-refractivity contribution is -0.718. The number of aryl methyl sites for hydroxylation is 1. The van der Waals surface area contributed by atoms with Gasteiger partial charge in [0.2, 0.25) is 11.2 Å². The fourth-order valence-corrected chi connectivity index (χ4v) is 6.46. The molecule has 5 aromatic rings. The summed E-state index contributed by atoms with van der Waals surface area (Å²) >= 11 is 0. The molecular weight excluding hydrogens is 498 g/mol. The van der Waals surface area contributed by atoms with Gasteiger partial charge >= 0.3 is 0 Å². The maximum absolute atomic E-state index is 2.45. The molecule has 3 heteroatoms. The first-order valence-electron chi connectivity index (χ1n) is 14.8. The van der Waals surface area contributed by atoms with Gasteiger partial charge in [0.15, 0.2) is 18.4 Å². The van der Waals surface area contributed by atoms with Crippen molar-refractivity contribution in [3.05, 3.63) is 138 Å². The van der Waals surface area contributed by atoms with Crippen LogP contribution in [0.15, 0.2) is 127 Å². The Morgan fingerprint density at radius 1 is 0.805 bits per heavy atom. The van der Waals surface area contributed by atoms with E-state index in [2.05, 4.69) is 169 Å². The SMILES string of the molecule is CCN1/C(=C\C(C)C(/C(C)=C/c2ccc3ccccc3[n+]2CC)[n+]2ccc3ccccc3c2)C=Cc2ccccc21. The molecule has 0 saturated carbocycles. The van der Waals surface area contributed by atoms with Crippen molar-refractivity contribution >= 4 is 39.5 Å². The normalized spacial score (nSPS) is 15.9. The molecule has 0 N–H and O–H groups in total. The smallest absolute Gasteiger partial charge is 0.212 e. The second-order valence-electron chi connectivity index (χ2n) is 11.0. The largest absolute Gasteiger partial charge is 0.342 e. The van der Waals surface area contributed by atoms with E-state index in [0.29, 0.717) is 0 Å². The zero-order valence-electron chi connectivity index (χ0n) is 24.5. The minimum Gasteiger partial charge on any atom is -0.342 e. The molecule has 0 fully saturated rings. The van der Waals surface area contributed by atoms with E-state index in [1.54, 1.807) is 0 Å². The molecule has 41 heavy (non-hydrogen) atoms. The Labute approximate surface area is 244 Å². The first kappa shape index (κ1) is 26.7. The molecule has 0 bridgehead atoms. The molecule has 3 nitrogen and oxygen atoms in total. The molecule has 1 aliphatic heterocycles. The van der Waals surface area contributed by atoms with Gasteiger partial charge in [-0.2, -0.15) is 9.13 Å². The van der Waals surface area contributed by atoms with Crippen LogP contribution in [0.4, 0.5) is 5.69 Å². The van der Waals surface area contributed by atoms with E-state index in [4.69, 9.17) is 0 Å². The number of likely N-dealkylation sites (N-methyl/N-ethyl adjacent to an activating group) is 1. The maximum atomic E-state index is 2.45. The van der Waals surface area contributed by atoms with Gasteiger partial charge in [0.05, 0.1) is 0 Å². The monoisotopic (exact) mass is 537 g/mol. The Bertz CT molecular complexity index is 1810. The molecule has 3 heterocycles. The minimum absolute atomic E-state index is 0.146. The standard InChI is InChI=1S/C38H39N3/c1-5-40-34(21-19-31-14-9-11-17-36(31)40)25-28(3)38(39-24-23-30-13-7-8-16-33(30)27-39)29(4)26-35-22-20-32-15-10-12-18-37(32)41(35)6-2/h7-28,38H,5-6H2,1-4H3/q+2/b29-26+,34-25-. The summed E-state index contributed by atoms with van der Waals surface area (Å²) in [5.41, 5.74) is 7.64. The van der Waals surface area contributed by atoms with Gasteiger partial charge in [0.25, 0.3) is 0 Å². The fraction of sp³-hybridized carbons (Fsp3) is 0.211. The van der Waals surface area contributed by atoms with Crippen LogP contribution in [0.3, 0.4) is 0 Å². The van der Waals surface area contributed by atoms with Gasteiger partial charge in [-0.25, -0.2) is 0 Å². The summed E-state index contributed by atoms with van der Waals surface area (Å²) in [4.78, 5) is 2.43. The Balaban J connectivity index is 1.46. The number of allylic oxidation sites excluding steroid dienone is 3. The van der Waals surface area contributed by atoms with Crippen LogP contribution in [0.2, 0.25) is 0 Å². The highest BCUT2D eigenvalue weighted by Crippen LogP contribution is 2.33. The number of nitrogens with zero attached hydrogens (tertiary/aromatic N) is 3. The highest BCUT2D eigenvalue weighted by Gasteiger charge is 2.29. The van der Waals surface area contributed by atoms with Crippen molar-refractivity contribution in [1.82, 2.24) is 0 Å². The lowest BCUT2D eigenvalue weighted by Gasteiger charge is -2.30. The van der Waals surface area contributed by atoms with Gasteiger partial charge in [-0.15, -0.1) is 0 Å². The molecule has 6 rings (SSSR count). The zero-order valence-corrected chi connectivity index (χ0v) is 24.5. The van der Waals surface area contributed by atoms with Crippen LogP contribution in [0.25, 0.3) is 33.8 Å². The van der Waals surface area contributed by atoms with Crippen LogP contribution in [-0.2, 0) is 6.54 Å². The lowest BCUT2D eigenvalue weighted by atomic mass is 9.91.